The zero-order valence-electron chi connectivity index (χ0n) is 19.8. The van der Waals surface area contributed by atoms with Crippen molar-refractivity contribution in [3.63, 3.8) is 0 Å². The summed E-state index contributed by atoms with van der Waals surface area (Å²) in [6.07, 6.45) is 12.7. The fraction of sp³-hybridized carbons (Fsp3) is 0.250. The van der Waals surface area contributed by atoms with Crippen molar-refractivity contribution >= 4 is 38.9 Å². The van der Waals surface area contributed by atoms with Crippen molar-refractivity contribution in [1.29, 1.82) is 0 Å². The van der Waals surface area contributed by atoms with Gasteiger partial charge in [0.2, 0.25) is 0 Å². The second-order valence-corrected chi connectivity index (χ2v) is 9.06. The standard InChI is InChI=1S/C17H19N3O4S2.C5H10O.C2H2/c1-4-9-20(3)26(23,24)14-8-10-25-15(14)17(22)19-13-7-5-6-12(11-13)16(21)18-2;1-3-5-6-4-2;1-2/h4-11H,1-3H3,(H,18,21)(H,19,22);3H,1,4-5H2,2H3;1-2H/b9-4+;;. The molecule has 34 heavy (non-hydrogen) atoms. The van der Waals surface area contributed by atoms with Gasteiger partial charge in [0.25, 0.3) is 21.8 Å². The predicted molar refractivity (Wildman–Crippen MR) is 138 cm³/mol. The smallest absolute Gasteiger partial charge is 0.267 e. The molecule has 0 radical (unpaired) electrons. The normalized spacial score (nSPS) is 10.2. The van der Waals surface area contributed by atoms with E-state index in [2.05, 4.69) is 30.1 Å². The molecule has 0 aliphatic heterocycles. The first kappa shape index (κ1) is 30.6. The van der Waals surface area contributed by atoms with Crippen LogP contribution in [0.15, 0.2) is 65.5 Å². The van der Waals surface area contributed by atoms with Gasteiger partial charge in [-0.1, -0.05) is 18.2 Å². The van der Waals surface area contributed by atoms with Gasteiger partial charge >= 0.3 is 0 Å². The van der Waals surface area contributed by atoms with Gasteiger partial charge in [-0.25, -0.2) is 8.42 Å². The maximum Gasteiger partial charge on any atom is 0.267 e. The molecular formula is C24H31N3O5S2. The van der Waals surface area contributed by atoms with Gasteiger partial charge in [0, 0.05) is 38.2 Å². The number of amides is 2. The van der Waals surface area contributed by atoms with Crippen LogP contribution in [0, 0.1) is 12.8 Å². The molecule has 0 aliphatic rings. The molecule has 0 saturated heterocycles. The van der Waals surface area contributed by atoms with Crippen molar-refractivity contribution in [2.45, 2.75) is 18.7 Å². The number of carbonyl (C=O) groups excluding carboxylic acids is 2. The number of anilines is 1. The van der Waals surface area contributed by atoms with Gasteiger partial charge in [0.1, 0.15) is 9.77 Å². The number of thiophene rings is 1. The topological polar surface area (TPSA) is 105 Å². The number of hydrogen-bond acceptors (Lipinski definition) is 6. The Morgan fingerprint density at radius 1 is 1.24 bits per heavy atom. The van der Waals surface area contributed by atoms with Crippen LogP contribution in [0.3, 0.4) is 0 Å². The molecule has 2 rings (SSSR count). The molecule has 0 saturated carbocycles. The number of carbonyl (C=O) groups is 2. The Labute approximate surface area is 206 Å². The highest BCUT2D eigenvalue weighted by Gasteiger charge is 2.26. The molecule has 1 heterocycles. The first-order chi connectivity index (χ1) is 16.2. The Bertz CT molecular complexity index is 1090. The summed E-state index contributed by atoms with van der Waals surface area (Å²) in [6, 6.07) is 7.78. The van der Waals surface area contributed by atoms with Crippen LogP contribution >= 0.6 is 11.3 Å². The highest BCUT2D eigenvalue weighted by atomic mass is 32.2. The van der Waals surface area contributed by atoms with Crippen LogP contribution in [0.5, 0.6) is 0 Å². The first-order valence-electron chi connectivity index (χ1n) is 10.1. The van der Waals surface area contributed by atoms with Crippen molar-refractivity contribution in [2.24, 2.45) is 0 Å². The Kier molecular flexibility index (Phi) is 14.6. The highest BCUT2D eigenvalue weighted by molar-refractivity contribution is 7.89. The molecule has 1 aromatic heterocycles. The molecular weight excluding hydrogens is 474 g/mol. The van der Waals surface area contributed by atoms with E-state index >= 15 is 0 Å². The third-order valence-corrected chi connectivity index (χ3v) is 6.72. The lowest BCUT2D eigenvalue weighted by Crippen LogP contribution is -2.24. The van der Waals surface area contributed by atoms with E-state index < -0.39 is 15.9 Å². The maximum absolute atomic E-state index is 12.6. The number of nitrogens with one attached hydrogen (secondary N) is 2. The van der Waals surface area contributed by atoms with Crippen molar-refractivity contribution in [2.75, 3.05) is 32.6 Å². The lowest BCUT2D eigenvalue weighted by atomic mass is 10.2. The molecule has 2 N–H and O–H groups in total. The Morgan fingerprint density at radius 3 is 2.44 bits per heavy atom. The van der Waals surface area contributed by atoms with E-state index in [1.165, 1.54) is 32.4 Å². The molecule has 184 valence electrons. The molecule has 0 aliphatic carbocycles. The summed E-state index contributed by atoms with van der Waals surface area (Å²) in [7, 11) is -0.903. The van der Waals surface area contributed by atoms with Gasteiger partial charge in [-0.2, -0.15) is 0 Å². The van der Waals surface area contributed by atoms with E-state index in [0.29, 0.717) is 17.9 Å². The van der Waals surface area contributed by atoms with E-state index in [4.69, 9.17) is 4.74 Å². The van der Waals surface area contributed by atoms with Crippen molar-refractivity contribution < 1.29 is 22.7 Å². The quantitative estimate of drug-likeness (QED) is 0.305. The second-order valence-electron chi connectivity index (χ2n) is 6.18. The zero-order valence-corrected chi connectivity index (χ0v) is 21.4. The van der Waals surface area contributed by atoms with Crippen LogP contribution in [-0.4, -0.2) is 51.8 Å². The van der Waals surface area contributed by atoms with Gasteiger partial charge in [0.05, 0.1) is 6.61 Å². The molecule has 0 fully saturated rings. The lowest BCUT2D eigenvalue weighted by Gasteiger charge is -2.15. The van der Waals surface area contributed by atoms with E-state index in [1.54, 1.807) is 42.7 Å². The summed E-state index contributed by atoms with van der Waals surface area (Å²) >= 11 is 1.03. The summed E-state index contributed by atoms with van der Waals surface area (Å²) < 4.78 is 31.1. The predicted octanol–water partition coefficient (Wildman–Crippen LogP) is 3.97. The average Bonchev–Trinajstić information content (AvgIpc) is 3.35. The Hall–Kier alpha value is -3.39. The highest BCUT2D eigenvalue weighted by Crippen LogP contribution is 2.26. The molecule has 2 aromatic rings. The van der Waals surface area contributed by atoms with Crippen LogP contribution < -0.4 is 10.6 Å². The van der Waals surface area contributed by atoms with E-state index in [-0.39, 0.29) is 15.7 Å². The maximum atomic E-state index is 12.6. The monoisotopic (exact) mass is 505 g/mol. The summed E-state index contributed by atoms with van der Waals surface area (Å²) in [4.78, 5) is 24.3. The summed E-state index contributed by atoms with van der Waals surface area (Å²) in [5.41, 5.74) is 0.784. The third kappa shape index (κ3) is 9.23. The molecule has 2 amide bonds. The zero-order chi connectivity index (χ0) is 26.1. The largest absolute Gasteiger partial charge is 0.378 e. The number of hydrogen-bond donors (Lipinski definition) is 2. The summed E-state index contributed by atoms with van der Waals surface area (Å²) in [6.45, 7) is 8.60. The number of ether oxygens (including phenoxy) is 1. The SMILES string of the molecule is C#C.C/C=C/N(C)S(=O)(=O)c1ccsc1C(=O)Nc1cccc(C(=O)NC)c1.C=CCOCC. The van der Waals surface area contributed by atoms with Gasteiger partial charge < -0.3 is 15.4 Å². The van der Waals surface area contributed by atoms with E-state index in [0.717, 1.165) is 22.2 Å². The van der Waals surface area contributed by atoms with Crippen LogP contribution in [0.25, 0.3) is 0 Å². The van der Waals surface area contributed by atoms with E-state index in [9.17, 15) is 18.0 Å². The fourth-order valence-corrected chi connectivity index (χ4v) is 4.77. The minimum absolute atomic E-state index is 0.0666. The third-order valence-electron chi connectivity index (χ3n) is 3.90. The first-order valence-corrected chi connectivity index (χ1v) is 12.4. The molecule has 1 aromatic carbocycles. The van der Waals surface area contributed by atoms with Crippen molar-refractivity contribution in [3.05, 3.63) is 71.1 Å². The molecule has 8 nitrogen and oxygen atoms in total. The fourth-order valence-electron chi connectivity index (χ4n) is 2.38. The van der Waals surface area contributed by atoms with Gasteiger partial charge in [-0.15, -0.1) is 30.8 Å². The van der Waals surface area contributed by atoms with Crippen molar-refractivity contribution in [1.82, 2.24) is 9.62 Å². The minimum Gasteiger partial charge on any atom is -0.378 e. The average molecular weight is 506 g/mol. The summed E-state index contributed by atoms with van der Waals surface area (Å²) in [5.74, 6) is -0.838. The van der Waals surface area contributed by atoms with E-state index in [1.807, 2.05) is 6.92 Å². The van der Waals surface area contributed by atoms with Crippen LogP contribution in [0.4, 0.5) is 5.69 Å². The van der Waals surface area contributed by atoms with Crippen molar-refractivity contribution in [3.8, 4) is 12.8 Å². The number of nitrogens with zero attached hydrogens (tertiary/aromatic N) is 1. The second kappa shape index (κ2) is 16.3. The number of allylic oxidation sites excluding steroid dienone is 1. The van der Waals surface area contributed by atoms with Crippen LogP contribution in [0.2, 0.25) is 0 Å². The molecule has 0 atom stereocenters. The minimum atomic E-state index is -3.82. The van der Waals surface area contributed by atoms with Gasteiger partial charge in [-0.05, 0) is 43.5 Å². The van der Waals surface area contributed by atoms with Gasteiger partial charge in [-0.3, -0.25) is 13.9 Å². The molecule has 10 heteroatoms. The number of terminal acetylenes is 1. The van der Waals surface area contributed by atoms with Crippen LogP contribution in [-0.2, 0) is 14.8 Å². The van der Waals surface area contributed by atoms with Crippen LogP contribution in [0.1, 0.15) is 33.9 Å². The lowest BCUT2D eigenvalue weighted by molar-refractivity contribution is 0.0961. The summed E-state index contributed by atoms with van der Waals surface area (Å²) in [5, 5.41) is 6.69. The Balaban J connectivity index is 0.00000118. The number of sulfonamides is 1. The molecule has 0 bridgehead atoms. The molecule has 0 spiro atoms. The number of benzene rings is 1. The Morgan fingerprint density at radius 2 is 1.91 bits per heavy atom. The van der Waals surface area contributed by atoms with Gasteiger partial charge in [0.15, 0.2) is 0 Å². The number of rotatable bonds is 9. The molecule has 0 unspecified atom stereocenters.